The molecular weight excluding hydrogens is 226 g/mol. The highest BCUT2D eigenvalue weighted by Gasteiger charge is 2.15. The van der Waals surface area contributed by atoms with Crippen molar-refractivity contribution in [1.29, 1.82) is 0 Å². The lowest BCUT2D eigenvalue weighted by Crippen LogP contribution is -2.36. The number of rotatable bonds is 6. The summed E-state index contributed by atoms with van der Waals surface area (Å²) in [7, 11) is 0. The quantitative estimate of drug-likeness (QED) is 0.815. The molecule has 1 atom stereocenters. The first-order valence-corrected chi connectivity index (χ1v) is 6.56. The Balaban J connectivity index is 2.78. The largest absolute Gasteiger partial charge is 0.369 e. The fourth-order valence-electron chi connectivity index (χ4n) is 1.42. The summed E-state index contributed by atoms with van der Waals surface area (Å²) in [6.45, 7) is 9.08. The van der Waals surface area contributed by atoms with E-state index in [2.05, 4.69) is 36.4 Å². The molecule has 1 aromatic heterocycles. The first-order chi connectivity index (χ1) is 8.56. The maximum atomic E-state index is 12.2. The van der Waals surface area contributed by atoms with Crippen LogP contribution in [0.25, 0.3) is 0 Å². The van der Waals surface area contributed by atoms with Crippen molar-refractivity contribution in [3.05, 3.63) is 23.9 Å². The predicted octanol–water partition coefficient (Wildman–Crippen LogP) is 2.68. The number of carbonyl (C=O) groups is 1. The average Bonchev–Trinajstić information content (AvgIpc) is 2.36. The molecule has 0 radical (unpaired) electrons. The Bertz CT molecular complexity index is 390. The lowest BCUT2D eigenvalue weighted by Gasteiger charge is -2.18. The molecule has 100 valence electrons. The Morgan fingerprint density at radius 1 is 1.39 bits per heavy atom. The summed E-state index contributed by atoms with van der Waals surface area (Å²) in [4.78, 5) is 16.4. The highest BCUT2D eigenvalue weighted by Crippen LogP contribution is 2.12. The van der Waals surface area contributed by atoms with Crippen molar-refractivity contribution in [3.63, 3.8) is 0 Å². The van der Waals surface area contributed by atoms with Gasteiger partial charge in [0.15, 0.2) is 0 Å². The van der Waals surface area contributed by atoms with Gasteiger partial charge < -0.3 is 10.6 Å². The fourth-order valence-corrected chi connectivity index (χ4v) is 1.42. The topological polar surface area (TPSA) is 54.0 Å². The lowest BCUT2D eigenvalue weighted by molar-refractivity contribution is 0.0931. The summed E-state index contributed by atoms with van der Waals surface area (Å²) in [5.74, 6) is 1.01. The smallest absolute Gasteiger partial charge is 0.255 e. The summed E-state index contributed by atoms with van der Waals surface area (Å²) in [6, 6.07) is 3.73. The van der Waals surface area contributed by atoms with E-state index in [-0.39, 0.29) is 11.9 Å². The van der Waals surface area contributed by atoms with Gasteiger partial charge in [-0.1, -0.05) is 20.8 Å². The molecule has 1 amide bonds. The Morgan fingerprint density at radius 2 is 2.11 bits per heavy atom. The third-order valence-corrected chi connectivity index (χ3v) is 2.95. The number of aromatic nitrogens is 1. The Morgan fingerprint density at radius 3 is 2.72 bits per heavy atom. The molecule has 2 N–H and O–H groups in total. The zero-order valence-corrected chi connectivity index (χ0v) is 11.7. The molecule has 0 saturated carbocycles. The molecule has 0 aromatic carbocycles. The minimum atomic E-state index is -0.0668. The van der Waals surface area contributed by atoms with E-state index in [1.54, 1.807) is 18.3 Å². The van der Waals surface area contributed by atoms with E-state index < -0.39 is 0 Å². The third kappa shape index (κ3) is 4.02. The second-order valence-electron chi connectivity index (χ2n) is 4.83. The number of hydrogen-bond donors (Lipinski definition) is 2. The number of anilines is 1. The molecule has 1 aromatic rings. The van der Waals surface area contributed by atoms with Crippen molar-refractivity contribution in [2.45, 2.75) is 40.2 Å². The van der Waals surface area contributed by atoms with Crippen molar-refractivity contribution in [1.82, 2.24) is 10.3 Å². The van der Waals surface area contributed by atoms with Crippen LogP contribution in [-0.2, 0) is 0 Å². The summed E-state index contributed by atoms with van der Waals surface area (Å²) >= 11 is 0. The van der Waals surface area contributed by atoms with Crippen molar-refractivity contribution < 1.29 is 4.79 Å². The minimum Gasteiger partial charge on any atom is -0.369 e. The average molecular weight is 249 g/mol. The molecule has 0 spiro atoms. The van der Waals surface area contributed by atoms with Gasteiger partial charge in [-0.3, -0.25) is 4.79 Å². The van der Waals surface area contributed by atoms with E-state index >= 15 is 0 Å². The molecule has 4 heteroatoms. The van der Waals surface area contributed by atoms with Gasteiger partial charge in [-0.25, -0.2) is 4.98 Å². The number of pyridine rings is 1. The number of amides is 1. The Hall–Kier alpha value is -1.58. The van der Waals surface area contributed by atoms with Crippen LogP contribution in [0.3, 0.4) is 0 Å². The molecule has 18 heavy (non-hydrogen) atoms. The van der Waals surface area contributed by atoms with Gasteiger partial charge in [-0.2, -0.15) is 0 Å². The SMILES string of the molecule is CCCNc1ncccc1C(=O)NC(C)C(C)C. The zero-order chi connectivity index (χ0) is 13.5. The molecule has 1 rings (SSSR count). The number of carbonyl (C=O) groups excluding carboxylic acids is 1. The van der Waals surface area contributed by atoms with Crippen LogP contribution in [-0.4, -0.2) is 23.5 Å². The lowest BCUT2D eigenvalue weighted by atomic mass is 10.1. The van der Waals surface area contributed by atoms with Gasteiger partial charge in [0.2, 0.25) is 0 Å². The molecule has 4 nitrogen and oxygen atoms in total. The second-order valence-corrected chi connectivity index (χ2v) is 4.83. The molecule has 1 heterocycles. The minimum absolute atomic E-state index is 0.0668. The van der Waals surface area contributed by atoms with E-state index in [1.807, 2.05) is 6.92 Å². The molecular formula is C14H23N3O. The Kier molecular flexibility index (Phi) is 5.62. The second kappa shape index (κ2) is 6.99. The fraction of sp³-hybridized carbons (Fsp3) is 0.571. The first-order valence-electron chi connectivity index (χ1n) is 6.56. The van der Waals surface area contributed by atoms with Crippen molar-refractivity contribution in [2.24, 2.45) is 5.92 Å². The molecule has 1 unspecified atom stereocenters. The van der Waals surface area contributed by atoms with E-state index in [4.69, 9.17) is 0 Å². The van der Waals surface area contributed by atoms with Gasteiger partial charge in [-0.05, 0) is 31.4 Å². The molecule has 0 fully saturated rings. The van der Waals surface area contributed by atoms with Crippen LogP contribution >= 0.6 is 0 Å². The van der Waals surface area contributed by atoms with E-state index in [1.165, 1.54) is 0 Å². The van der Waals surface area contributed by atoms with Gasteiger partial charge >= 0.3 is 0 Å². The maximum Gasteiger partial charge on any atom is 0.255 e. The summed E-state index contributed by atoms with van der Waals surface area (Å²) in [6.07, 6.45) is 2.70. The molecule has 0 bridgehead atoms. The zero-order valence-electron chi connectivity index (χ0n) is 11.7. The molecule has 0 aliphatic carbocycles. The van der Waals surface area contributed by atoms with Gasteiger partial charge in [0, 0.05) is 18.8 Å². The third-order valence-electron chi connectivity index (χ3n) is 2.95. The van der Waals surface area contributed by atoms with Crippen LogP contribution in [0.4, 0.5) is 5.82 Å². The van der Waals surface area contributed by atoms with Crippen LogP contribution in [0, 0.1) is 5.92 Å². The Labute approximate surface area is 109 Å². The summed E-state index contributed by atoms with van der Waals surface area (Å²) < 4.78 is 0. The number of hydrogen-bond acceptors (Lipinski definition) is 3. The highest BCUT2D eigenvalue weighted by molar-refractivity contribution is 5.98. The monoisotopic (exact) mass is 249 g/mol. The predicted molar refractivity (Wildman–Crippen MR) is 74.8 cm³/mol. The van der Waals surface area contributed by atoms with Crippen LogP contribution in [0.1, 0.15) is 44.5 Å². The number of nitrogens with zero attached hydrogens (tertiary/aromatic N) is 1. The number of nitrogens with one attached hydrogen (secondary N) is 2. The standard InChI is InChI=1S/C14H23N3O/c1-5-8-15-13-12(7-6-9-16-13)14(18)17-11(4)10(2)3/h6-7,9-11H,5,8H2,1-4H3,(H,15,16)(H,17,18). The highest BCUT2D eigenvalue weighted by atomic mass is 16.1. The van der Waals surface area contributed by atoms with Crippen LogP contribution in [0.2, 0.25) is 0 Å². The van der Waals surface area contributed by atoms with Gasteiger partial charge in [-0.15, -0.1) is 0 Å². The van der Waals surface area contributed by atoms with Crippen LogP contribution < -0.4 is 10.6 Å². The van der Waals surface area contributed by atoms with E-state index in [0.717, 1.165) is 13.0 Å². The van der Waals surface area contributed by atoms with Crippen molar-refractivity contribution >= 4 is 11.7 Å². The summed E-state index contributed by atoms with van der Waals surface area (Å²) in [5, 5.41) is 6.17. The molecule has 0 aliphatic heterocycles. The van der Waals surface area contributed by atoms with Crippen molar-refractivity contribution in [2.75, 3.05) is 11.9 Å². The normalized spacial score (nSPS) is 12.3. The van der Waals surface area contributed by atoms with Crippen molar-refractivity contribution in [3.8, 4) is 0 Å². The van der Waals surface area contributed by atoms with E-state index in [9.17, 15) is 4.79 Å². The molecule has 0 saturated heterocycles. The van der Waals surface area contributed by atoms with Crippen LogP contribution in [0.5, 0.6) is 0 Å². The summed E-state index contributed by atoms with van der Waals surface area (Å²) in [5.41, 5.74) is 0.610. The molecule has 0 aliphatic rings. The maximum absolute atomic E-state index is 12.2. The van der Waals surface area contributed by atoms with E-state index in [0.29, 0.717) is 17.3 Å². The van der Waals surface area contributed by atoms with Gasteiger partial charge in [0.25, 0.3) is 5.91 Å². The van der Waals surface area contributed by atoms with Gasteiger partial charge in [0.05, 0.1) is 5.56 Å². The van der Waals surface area contributed by atoms with Gasteiger partial charge in [0.1, 0.15) is 5.82 Å². The van der Waals surface area contributed by atoms with Crippen LogP contribution in [0.15, 0.2) is 18.3 Å². The first kappa shape index (κ1) is 14.5.